The molecule has 90 valence electrons. The van der Waals surface area contributed by atoms with Gasteiger partial charge in [-0.15, -0.1) is 0 Å². The van der Waals surface area contributed by atoms with Crippen LogP contribution in [0.2, 0.25) is 5.02 Å². The van der Waals surface area contributed by atoms with Gasteiger partial charge < -0.3 is 5.32 Å². The zero-order chi connectivity index (χ0) is 12.4. The predicted octanol–water partition coefficient (Wildman–Crippen LogP) is 2.86. The average molecular weight is 250 g/mol. The van der Waals surface area contributed by atoms with Crippen molar-refractivity contribution < 1.29 is 0 Å². The van der Waals surface area contributed by atoms with Crippen LogP contribution in [-0.2, 0) is 6.54 Å². The largest absolute Gasteiger partial charge is 0.316 e. The van der Waals surface area contributed by atoms with Gasteiger partial charge in [0.25, 0.3) is 0 Å². The Bertz CT molecular complexity index is 531. The van der Waals surface area contributed by atoms with E-state index >= 15 is 0 Å². The van der Waals surface area contributed by atoms with Crippen molar-refractivity contribution in [2.24, 2.45) is 0 Å². The lowest BCUT2D eigenvalue weighted by atomic mass is 10.1. The lowest BCUT2D eigenvalue weighted by molar-refractivity contribution is 0.775. The molecule has 0 saturated heterocycles. The third kappa shape index (κ3) is 2.51. The molecule has 1 N–H and O–H groups in total. The lowest BCUT2D eigenvalue weighted by Crippen LogP contribution is -2.10. The van der Waals surface area contributed by atoms with Gasteiger partial charge in [0.15, 0.2) is 0 Å². The molecule has 0 aliphatic rings. The molecule has 0 radical (unpaired) electrons. The molecule has 3 nitrogen and oxygen atoms in total. The Balaban J connectivity index is 2.54. The highest BCUT2D eigenvalue weighted by Gasteiger charge is 2.08. The van der Waals surface area contributed by atoms with E-state index in [4.69, 9.17) is 11.6 Å². The van der Waals surface area contributed by atoms with Gasteiger partial charge in [0.05, 0.1) is 11.4 Å². The summed E-state index contributed by atoms with van der Waals surface area (Å²) in [4.78, 5) is 0. The number of aromatic nitrogens is 2. The van der Waals surface area contributed by atoms with E-state index in [1.807, 2.05) is 36.9 Å². The average Bonchev–Trinajstić information content (AvgIpc) is 2.59. The van der Waals surface area contributed by atoms with Crippen LogP contribution in [-0.4, -0.2) is 16.8 Å². The molecule has 2 rings (SSSR count). The van der Waals surface area contributed by atoms with Crippen molar-refractivity contribution in [3.63, 3.8) is 0 Å². The van der Waals surface area contributed by atoms with Gasteiger partial charge in [0.2, 0.25) is 0 Å². The standard InChI is InChI=1S/C13H16ClN3/c1-9-6-10(2)17(16-9)13-5-4-12(14)7-11(13)8-15-3/h4-7,15H,8H2,1-3H3. The van der Waals surface area contributed by atoms with Crippen molar-refractivity contribution in [3.05, 3.63) is 46.2 Å². The normalized spacial score (nSPS) is 10.8. The van der Waals surface area contributed by atoms with Crippen molar-refractivity contribution in [3.8, 4) is 5.69 Å². The van der Waals surface area contributed by atoms with E-state index in [9.17, 15) is 0 Å². The third-order valence-electron chi connectivity index (χ3n) is 2.65. The van der Waals surface area contributed by atoms with Crippen LogP contribution in [0.15, 0.2) is 24.3 Å². The van der Waals surface area contributed by atoms with Gasteiger partial charge in [-0.25, -0.2) is 4.68 Å². The van der Waals surface area contributed by atoms with Gasteiger partial charge in [-0.2, -0.15) is 5.10 Å². The Morgan fingerprint density at radius 2 is 2.06 bits per heavy atom. The monoisotopic (exact) mass is 249 g/mol. The van der Waals surface area contributed by atoms with Crippen molar-refractivity contribution >= 4 is 11.6 Å². The lowest BCUT2D eigenvalue weighted by Gasteiger charge is -2.11. The second-order valence-corrected chi connectivity index (χ2v) is 4.58. The number of rotatable bonds is 3. The number of nitrogens with zero attached hydrogens (tertiary/aromatic N) is 2. The van der Waals surface area contributed by atoms with E-state index in [2.05, 4.69) is 23.4 Å². The highest BCUT2D eigenvalue weighted by molar-refractivity contribution is 6.30. The molecule has 1 aromatic heterocycles. The quantitative estimate of drug-likeness (QED) is 0.907. The van der Waals surface area contributed by atoms with Crippen LogP contribution in [0.4, 0.5) is 0 Å². The summed E-state index contributed by atoms with van der Waals surface area (Å²) in [7, 11) is 1.92. The van der Waals surface area contributed by atoms with Crippen LogP contribution in [0.3, 0.4) is 0 Å². The molecule has 0 aliphatic heterocycles. The van der Waals surface area contributed by atoms with Crippen molar-refractivity contribution in [1.29, 1.82) is 0 Å². The molecule has 17 heavy (non-hydrogen) atoms. The summed E-state index contributed by atoms with van der Waals surface area (Å²) in [5.41, 5.74) is 4.37. The van der Waals surface area contributed by atoms with E-state index in [1.54, 1.807) is 0 Å². The predicted molar refractivity (Wildman–Crippen MR) is 70.8 cm³/mol. The first kappa shape index (κ1) is 12.1. The maximum absolute atomic E-state index is 6.03. The summed E-state index contributed by atoms with van der Waals surface area (Å²) >= 11 is 6.03. The summed E-state index contributed by atoms with van der Waals surface area (Å²) in [6.07, 6.45) is 0. The fraction of sp³-hybridized carbons (Fsp3) is 0.308. The van der Waals surface area contributed by atoms with Crippen LogP contribution >= 0.6 is 11.6 Å². The second-order valence-electron chi connectivity index (χ2n) is 4.14. The molecule has 1 aromatic carbocycles. The van der Waals surface area contributed by atoms with Crippen LogP contribution in [0.25, 0.3) is 5.69 Å². The molecule has 0 amide bonds. The fourth-order valence-corrected chi connectivity index (χ4v) is 2.16. The number of aryl methyl sites for hydroxylation is 2. The van der Waals surface area contributed by atoms with E-state index in [1.165, 1.54) is 0 Å². The van der Waals surface area contributed by atoms with Gasteiger partial charge in [-0.05, 0) is 50.7 Å². The van der Waals surface area contributed by atoms with Crippen molar-refractivity contribution in [2.75, 3.05) is 7.05 Å². The van der Waals surface area contributed by atoms with Crippen molar-refractivity contribution in [1.82, 2.24) is 15.1 Å². The molecule has 4 heteroatoms. The minimum Gasteiger partial charge on any atom is -0.316 e. The summed E-state index contributed by atoms with van der Waals surface area (Å²) in [5, 5.41) is 8.40. The number of benzene rings is 1. The molecule has 0 unspecified atom stereocenters. The molecule has 0 spiro atoms. The maximum atomic E-state index is 6.03. The Labute approximate surface area is 106 Å². The summed E-state index contributed by atoms with van der Waals surface area (Å²) < 4.78 is 1.96. The first-order valence-corrected chi connectivity index (χ1v) is 5.96. The van der Waals surface area contributed by atoms with Gasteiger partial charge >= 0.3 is 0 Å². The van der Waals surface area contributed by atoms with Crippen LogP contribution < -0.4 is 5.32 Å². The molecular weight excluding hydrogens is 234 g/mol. The third-order valence-corrected chi connectivity index (χ3v) is 2.88. The number of halogens is 1. The molecule has 0 saturated carbocycles. The Hall–Kier alpha value is -1.32. The smallest absolute Gasteiger partial charge is 0.0694 e. The summed E-state index contributed by atoms with van der Waals surface area (Å²) in [5.74, 6) is 0. The Morgan fingerprint density at radius 3 is 2.65 bits per heavy atom. The van der Waals surface area contributed by atoms with E-state index in [0.29, 0.717) is 0 Å². The number of nitrogens with one attached hydrogen (secondary N) is 1. The van der Waals surface area contributed by atoms with E-state index in [-0.39, 0.29) is 0 Å². The minimum absolute atomic E-state index is 0.750. The topological polar surface area (TPSA) is 29.9 Å². The Morgan fingerprint density at radius 1 is 1.29 bits per heavy atom. The van der Waals surface area contributed by atoms with Gasteiger partial charge in [-0.3, -0.25) is 0 Å². The zero-order valence-corrected chi connectivity index (χ0v) is 11.0. The fourth-order valence-electron chi connectivity index (χ4n) is 1.97. The number of hydrogen-bond acceptors (Lipinski definition) is 2. The molecule has 0 fully saturated rings. The molecule has 1 heterocycles. The number of hydrogen-bond donors (Lipinski definition) is 1. The molecule has 2 aromatic rings. The highest BCUT2D eigenvalue weighted by Crippen LogP contribution is 2.21. The molecule has 0 aliphatic carbocycles. The molecule has 0 bridgehead atoms. The van der Waals surface area contributed by atoms with Crippen LogP contribution in [0, 0.1) is 13.8 Å². The van der Waals surface area contributed by atoms with Gasteiger partial charge in [0, 0.05) is 17.3 Å². The molecular formula is C13H16ClN3. The van der Waals surface area contributed by atoms with Gasteiger partial charge in [0.1, 0.15) is 0 Å². The minimum atomic E-state index is 0.750. The first-order valence-electron chi connectivity index (χ1n) is 5.58. The Kier molecular flexibility index (Phi) is 3.50. The summed E-state index contributed by atoms with van der Waals surface area (Å²) in [6, 6.07) is 7.95. The zero-order valence-electron chi connectivity index (χ0n) is 10.3. The second kappa shape index (κ2) is 4.90. The van der Waals surface area contributed by atoms with Gasteiger partial charge in [-0.1, -0.05) is 11.6 Å². The van der Waals surface area contributed by atoms with E-state index < -0.39 is 0 Å². The highest BCUT2D eigenvalue weighted by atomic mass is 35.5. The van der Waals surface area contributed by atoms with Crippen molar-refractivity contribution in [2.45, 2.75) is 20.4 Å². The summed E-state index contributed by atoms with van der Waals surface area (Å²) in [6.45, 7) is 4.82. The molecule has 0 atom stereocenters. The first-order chi connectivity index (χ1) is 8.11. The SMILES string of the molecule is CNCc1cc(Cl)ccc1-n1nc(C)cc1C. The van der Waals surface area contributed by atoms with E-state index in [0.717, 1.165) is 34.2 Å². The van der Waals surface area contributed by atoms with Crippen LogP contribution in [0.5, 0.6) is 0 Å². The van der Waals surface area contributed by atoms with Crippen LogP contribution in [0.1, 0.15) is 17.0 Å². The maximum Gasteiger partial charge on any atom is 0.0694 e.